The van der Waals surface area contributed by atoms with Gasteiger partial charge in [-0.2, -0.15) is 0 Å². The maximum absolute atomic E-state index is 11.5. The van der Waals surface area contributed by atoms with Gasteiger partial charge in [0.1, 0.15) is 5.75 Å². The first-order valence-corrected chi connectivity index (χ1v) is 7.13. The molecule has 0 aliphatic carbocycles. The summed E-state index contributed by atoms with van der Waals surface area (Å²) in [7, 11) is 1.60. The van der Waals surface area contributed by atoms with Crippen molar-refractivity contribution in [3.05, 3.63) is 29.8 Å². The summed E-state index contributed by atoms with van der Waals surface area (Å²) >= 11 is 0. The van der Waals surface area contributed by atoms with Crippen LogP contribution in [0.25, 0.3) is 0 Å². The fourth-order valence-electron chi connectivity index (χ4n) is 1.60. The summed E-state index contributed by atoms with van der Waals surface area (Å²) in [6.07, 6.45) is 0. The van der Waals surface area contributed by atoms with Gasteiger partial charge in [-0.15, -0.1) is 0 Å². The van der Waals surface area contributed by atoms with Crippen LogP contribution in [-0.2, 0) is 16.1 Å². The average molecular weight is 294 g/mol. The highest BCUT2D eigenvalue weighted by atomic mass is 16.5. The zero-order valence-electron chi connectivity index (χ0n) is 13.4. The number of ether oxygens (including phenoxy) is 2. The van der Waals surface area contributed by atoms with Crippen LogP contribution < -0.4 is 15.4 Å². The number of amides is 1. The summed E-state index contributed by atoms with van der Waals surface area (Å²) in [4.78, 5) is 11.5. The van der Waals surface area contributed by atoms with E-state index in [4.69, 9.17) is 9.47 Å². The second-order valence-corrected chi connectivity index (χ2v) is 5.88. The smallest absolute Gasteiger partial charge is 0.258 e. The summed E-state index contributed by atoms with van der Waals surface area (Å²) in [6.45, 7) is 8.14. The van der Waals surface area contributed by atoms with Crippen molar-refractivity contribution in [2.45, 2.75) is 32.9 Å². The van der Waals surface area contributed by atoms with E-state index >= 15 is 0 Å². The first-order chi connectivity index (χ1) is 9.90. The number of nitrogens with one attached hydrogen (secondary N) is 2. The molecule has 0 saturated heterocycles. The van der Waals surface area contributed by atoms with Gasteiger partial charge in [0, 0.05) is 25.7 Å². The Bertz CT molecular complexity index is 441. The predicted molar refractivity (Wildman–Crippen MR) is 83.4 cm³/mol. The van der Waals surface area contributed by atoms with Crippen molar-refractivity contribution >= 4 is 5.91 Å². The first kappa shape index (κ1) is 17.5. The molecule has 0 saturated carbocycles. The molecule has 1 amide bonds. The van der Waals surface area contributed by atoms with E-state index in [2.05, 4.69) is 31.4 Å². The van der Waals surface area contributed by atoms with Gasteiger partial charge in [0.2, 0.25) is 0 Å². The highest BCUT2D eigenvalue weighted by Crippen LogP contribution is 2.14. The Kier molecular flexibility index (Phi) is 7.19. The molecule has 5 heteroatoms. The molecule has 0 bridgehead atoms. The lowest BCUT2D eigenvalue weighted by Gasteiger charge is -2.20. The van der Waals surface area contributed by atoms with E-state index < -0.39 is 0 Å². The van der Waals surface area contributed by atoms with Crippen LogP contribution in [0.5, 0.6) is 5.75 Å². The molecule has 2 N–H and O–H groups in total. The van der Waals surface area contributed by atoms with Gasteiger partial charge in [-0.3, -0.25) is 4.79 Å². The summed E-state index contributed by atoms with van der Waals surface area (Å²) in [5, 5.41) is 6.13. The highest BCUT2D eigenvalue weighted by molar-refractivity contribution is 5.77. The van der Waals surface area contributed by atoms with Crippen LogP contribution in [0, 0.1) is 0 Å². The Morgan fingerprint density at radius 1 is 1.29 bits per heavy atom. The molecular weight excluding hydrogens is 268 g/mol. The second kappa shape index (κ2) is 8.64. The molecule has 1 aromatic carbocycles. The van der Waals surface area contributed by atoms with Crippen molar-refractivity contribution in [2.75, 3.05) is 26.9 Å². The number of rotatable bonds is 8. The maximum atomic E-state index is 11.5. The standard InChI is InChI=1S/C16H26N2O3/c1-16(2,3)18-11-13-6-5-7-14(10-13)21-12-15(19)17-8-9-20-4/h5-7,10,18H,8-9,11-12H2,1-4H3,(H,17,19). The third-order valence-corrected chi connectivity index (χ3v) is 2.72. The molecule has 0 aliphatic rings. The van der Waals surface area contributed by atoms with E-state index in [0.717, 1.165) is 12.1 Å². The monoisotopic (exact) mass is 294 g/mol. The number of hydrogen-bond donors (Lipinski definition) is 2. The maximum Gasteiger partial charge on any atom is 0.258 e. The van der Waals surface area contributed by atoms with E-state index in [1.165, 1.54) is 0 Å². The lowest BCUT2D eigenvalue weighted by molar-refractivity contribution is -0.123. The average Bonchev–Trinajstić information content (AvgIpc) is 2.43. The Labute approximate surface area is 127 Å². The van der Waals surface area contributed by atoms with Crippen molar-refractivity contribution in [3.8, 4) is 5.75 Å². The molecule has 0 atom stereocenters. The molecule has 0 heterocycles. The van der Waals surface area contributed by atoms with Crippen molar-refractivity contribution < 1.29 is 14.3 Å². The van der Waals surface area contributed by atoms with Crippen LogP contribution in [-0.4, -0.2) is 38.3 Å². The van der Waals surface area contributed by atoms with Gasteiger partial charge in [-0.1, -0.05) is 12.1 Å². The molecule has 5 nitrogen and oxygen atoms in total. The van der Waals surface area contributed by atoms with Gasteiger partial charge in [-0.25, -0.2) is 0 Å². The van der Waals surface area contributed by atoms with E-state index in [1.54, 1.807) is 7.11 Å². The van der Waals surface area contributed by atoms with Gasteiger partial charge < -0.3 is 20.1 Å². The molecule has 0 aromatic heterocycles. The Morgan fingerprint density at radius 2 is 2.05 bits per heavy atom. The van der Waals surface area contributed by atoms with Gasteiger partial charge >= 0.3 is 0 Å². The third kappa shape index (κ3) is 8.32. The molecule has 1 rings (SSSR count). The second-order valence-electron chi connectivity index (χ2n) is 5.88. The van der Waals surface area contributed by atoms with Gasteiger partial charge in [-0.05, 0) is 38.5 Å². The molecule has 0 radical (unpaired) electrons. The molecule has 0 fully saturated rings. The molecule has 21 heavy (non-hydrogen) atoms. The lowest BCUT2D eigenvalue weighted by atomic mass is 10.1. The van der Waals surface area contributed by atoms with Crippen molar-refractivity contribution in [1.82, 2.24) is 10.6 Å². The number of carbonyl (C=O) groups excluding carboxylic acids is 1. The first-order valence-electron chi connectivity index (χ1n) is 7.13. The van der Waals surface area contributed by atoms with Crippen molar-refractivity contribution in [2.24, 2.45) is 0 Å². The summed E-state index contributed by atoms with van der Waals surface area (Å²) in [5.41, 5.74) is 1.19. The Morgan fingerprint density at radius 3 is 2.71 bits per heavy atom. The topological polar surface area (TPSA) is 59.6 Å². The number of methoxy groups -OCH3 is 1. The molecule has 0 spiro atoms. The van der Waals surface area contributed by atoms with Crippen LogP contribution in [0.4, 0.5) is 0 Å². The predicted octanol–water partition coefficient (Wildman–Crippen LogP) is 1.72. The highest BCUT2D eigenvalue weighted by Gasteiger charge is 2.09. The zero-order chi connectivity index (χ0) is 15.7. The minimum Gasteiger partial charge on any atom is -0.484 e. The van der Waals surface area contributed by atoms with Crippen LogP contribution in [0.15, 0.2) is 24.3 Å². The lowest BCUT2D eigenvalue weighted by Crippen LogP contribution is -2.35. The van der Waals surface area contributed by atoms with E-state index in [0.29, 0.717) is 18.9 Å². The zero-order valence-corrected chi connectivity index (χ0v) is 13.4. The number of carbonyl (C=O) groups is 1. The van der Waals surface area contributed by atoms with Gasteiger partial charge in [0.25, 0.3) is 5.91 Å². The van der Waals surface area contributed by atoms with E-state index in [-0.39, 0.29) is 18.1 Å². The normalized spacial score (nSPS) is 11.2. The fraction of sp³-hybridized carbons (Fsp3) is 0.562. The van der Waals surface area contributed by atoms with Crippen LogP contribution >= 0.6 is 0 Å². The quantitative estimate of drug-likeness (QED) is 0.717. The summed E-state index contributed by atoms with van der Waals surface area (Å²) in [5.74, 6) is 0.551. The van der Waals surface area contributed by atoms with Crippen molar-refractivity contribution in [1.29, 1.82) is 0 Å². The van der Waals surface area contributed by atoms with Gasteiger partial charge in [0.15, 0.2) is 6.61 Å². The Hall–Kier alpha value is -1.59. The number of hydrogen-bond acceptors (Lipinski definition) is 4. The minimum atomic E-state index is -0.148. The fourth-order valence-corrected chi connectivity index (χ4v) is 1.60. The third-order valence-electron chi connectivity index (χ3n) is 2.72. The van der Waals surface area contributed by atoms with Crippen LogP contribution in [0.3, 0.4) is 0 Å². The van der Waals surface area contributed by atoms with Gasteiger partial charge in [0.05, 0.1) is 6.61 Å². The summed E-state index contributed by atoms with van der Waals surface area (Å²) < 4.78 is 10.4. The van der Waals surface area contributed by atoms with Crippen LogP contribution in [0.1, 0.15) is 26.3 Å². The summed E-state index contributed by atoms with van der Waals surface area (Å²) in [6, 6.07) is 7.76. The van der Waals surface area contributed by atoms with Crippen molar-refractivity contribution in [3.63, 3.8) is 0 Å². The number of benzene rings is 1. The van der Waals surface area contributed by atoms with E-state index in [9.17, 15) is 4.79 Å². The largest absolute Gasteiger partial charge is 0.484 e. The molecule has 0 aliphatic heterocycles. The minimum absolute atomic E-state index is 0.0138. The van der Waals surface area contributed by atoms with E-state index in [1.807, 2.05) is 24.3 Å². The molecule has 1 aromatic rings. The SMILES string of the molecule is COCCNC(=O)COc1cccc(CNC(C)(C)C)c1. The Balaban J connectivity index is 2.40. The molecule has 0 unspecified atom stereocenters. The molecule has 118 valence electrons. The van der Waals surface area contributed by atoms with Crippen LogP contribution in [0.2, 0.25) is 0 Å². The molecular formula is C16H26N2O3.